The molecule has 0 spiro atoms. The predicted molar refractivity (Wildman–Crippen MR) is 359 cm³/mol. The average Bonchev–Trinajstić information content (AvgIpc) is 1.40. The van der Waals surface area contributed by atoms with Gasteiger partial charge in [0.05, 0.1) is 44.8 Å². The van der Waals surface area contributed by atoms with Gasteiger partial charge in [-0.15, -0.1) is 0 Å². The van der Waals surface area contributed by atoms with Crippen LogP contribution in [0.3, 0.4) is 0 Å². The zero-order valence-corrected chi connectivity index (χ0v) is 48.9. The Balaban J connectivity index is 1.04. The van der Waals surface area contributed by atoms with Crippen molar-refractivity contribution in [3.05, 3.63) is 251 Å². The summed E-state index contributed by atoms with van der Waals surface area (Å²) in [5.41, 5.74) is 26.0. The topological polar surface area (TPSA) is 16.3 Å². The van der Waals surface area contributed by atoms with E-state index in [1.807, 2.05) is 0 Å². The molecule has 4 nitrogen and oxygen atoms in total. The number of aromatic nitrogens is 2. The van der Waals surface area contributed by atoms with Gasteiger partial charge in [0.15, 0.2) is 0 Å². The molecule has 410 valence electrons. The Kier molecular flexibility index (Phi) is 12.3. The van der Waals surface area contributed by atoms with E-state index < -0.39 is 0 Å². The van der Waals surface area contributed by atoms with Crippen molar-refractivity contribution in [2.45, 2.75) is 105 Å². The first kappa shape index (κ1) is 50.6. The van der Waals surface area contributed by atoms with E-state index >= 15 is 0 Å². The SMILES string of the molecule is CCCc1cc(N(c2cccc3c2CCCC3)c2cccc3c4ccccc4n(-c4ccc(C)cc4)c23)c2ccc3c(CCC)cc(N(c4cccc5c4CCCC5)c4cccc5c6ccccc6n(-c6ccc(C)cc6)c45)c4ccc1c2c34. The van der Waals surface area contributed by atoms with Gasteiger partial charge in [0.1, 0.15) is 0 Å². The van der Waals surface area contributed by atoms with Crippen LogP contribution in [0.15, 0.2) is 206 Å². The van der Waals surface area contributed by atoms with Crippen molar-refractivity contribution in [1.29, 1.82) is 0 Å². The van der Waals surface area contributed by atoms with Crippen LogP contribution >= 0.6 is 0 Å². The third-order valence-electron chi connectivity index (χ3n) is 19.2. The van der Waals surface area contributed by atoms with Crippen LogP contribution in [-0.4, -0.2) is 9.13 Å². The second kappa shape index (κ2) is 20.3. The first-order valence-corrected chi connectivity index (χ1v) is 31.2. The predicted octanol–water partition coefficient (Wildman–Crippen LogP) is 22.0. The van der Waals surface area contributed by atoms with E-state index in [-0.39, 0.29) is 0 Å². The summed E-state index contributed by atoms with van der Waals surface area (Å²) in [7, 11) is 0. The monoisotopic (exact) mass is 1090 g/mol. The van der Waals surface area contributed by atoms with E-state index in [9.17, 15) is 0 Å². The van der Waals surface area contributed by atoms with E-state index in [1.54, 1.807) is 0 Å². The molecule has 12 aromatic carbocycles. The lowest BCUT2D eigenvalue weighted by Crippen LogP contribution is -2.17. The minimum atomic E-state index is 0.970. The normalized spacial score (nSPS) is 13.5. The van der Waals surface area contributed by atoms with Gasteiger partial charge in [-0.3, -0.25) is 0 Å². The molecular formula is C80H70N4. The molecule has 2 aromatic heterocycles. The van der Waals surface area contributed by atoms with Crippen molar-refractivity contribution in [1.82, 2.24) is 9.13 Å². The van der Waals surface area contributed by atoms with Crippen molar-refractivity contribution < 1.29 is 0 Å². The number of rotatable bonds is 12. The lowest BCUT2D eigenvalue weighted by molar-refractivity contribution is 0.686. The van der Waals surface area contributed by atoms with E-state index in [2.05, 4.69) is 253 Å². The number of para-hydroxylation sites is 4. The van der Waals surface area contributed by atoms with Gasteiger partial charge < -0.3 is 18.9 Å². The van der Waals surface area contributed by atoms with Gasteiger partial charge in [0, 0.05) is 55.1 Å². The molecule has 0 fully saturated rings. The fourth-order valence-corrected chi connectivity index (χ4v) is 15.4. The second-order valence-electron chi connectivity index (χ2n) is 24.3. The van der Waals surface area contributed by atoms with Crippen LogP contribution in [0.4, 0.5) is 34.1 Å². The Bertz CT molecular complexity index is 4590. The molecule has 2 aliphatic rings. The summed E-state index contributed by atoms with van der Waals surface area (Å²) >= 11 is 0. The molecule has 0 radical (unpaired) electrons. The minimum Gasteiger partial charge on any atom is -0.307 e. The molecule has 0 unspecified atom stereocenters. The number of hydrogen-bond donors (Lipinski definition) is 0. The van der Waals surface area contributed by atoms with Crippen LogP contribution in [0.5, 0.6) is 0 Å². The van der Waals surface area contributed by atoms with E-state index in [1.165, 1.54) is 192 Å². The fourth-order valence-electron chi connectivity index (χ4n) is 15.4. The number of aryl methyl sites for hydroxylation is 6. The first-order chi connectivity index (χ1) is 41.4. The summed E-state index contributed by atoms with van der Waals surface area (Å²) in [4.78, 5) is 5.45. The Morgan fingerprint density at radius 3 is 1.15 bits per heavy atom. The molecule has 0 saturated heterocycles. The van der Waals surface area contributed by atoms with Gasteiger partial charge in [-0.05, 0) is 206 Å². The molecule has 0 saturated carbocycles. The van der Waals surface area contributed by atoms with Crippen LogP contribution in [0.1, 0.15) is 96.9 Å². The number of benzene rings is 12. The highest BCUT2D eigenvalue weighted by Crippen LogP contribution is 2.54. The first-order valence-electron chi connectivity index (χ1n) is 31.2. The summed E-state index contributed by atoms with van der Waals surface area (Å²) < 4.78 is 5.09. The molecule has 0 atom stereocenters. The zero-order valence-electron chi connectivity index (χ0n) is 48.9. The summed E-state index contributed by atoms with van der Waals surface area (Å²) in [5, 5.41) is 13.1. The van der Waals surface area contributed by atoms with Crippen LogP contribution in [0.25, 0.3) is 87.3 Å². The van der Waals surface area contributed by atoms with Crippen LogP contribution in [0, 0.1) is 13.8 Å². The highest BCUT2D eigenvalue weighted by atomic mass is 15.2. The summed E-state index contributed by atoms with van der Waals surface area (Å²) in [6.45, 7) is 9.10. The molecule has 0 N–H and O–H groups in total. The molecular weight excluding hydrogens is 1020 g/mol. The van der Waals surface area contributed by atoms with E-state index in [0.29, 0.717) is 0 Å². The number of nitrogens with zero attached hydrogens (tertiary/aromatic N) is 4. The van der Waals surface area contributed by atoms with E-state index in [4.69, 9.17) is 0 Å². The largest absolute Gasteiger partial charge is 0.307 e. The average molecular weight is 1090 g/mol. The zero-order chi connectivity index (χ0) is 56.2. The molecule has 2 heterocycles. The summed E-state index contributed by atoms with van der Waals surface area (Å²) in [5.74, 6) is 0. The maximum atomic E-state index is 2.72. The van der Waals surface area contributed by atoms with Gasteiger partial charge in [-0.1, -0.05) is 171 Å². The van der Waals surface area contributed by atoms with Gasteiger partial charge in [0.25, 0.3) is 0 Å². The number of anilines is 6. The highest BCUT2D eigenvalue weighted by molar-refractivity contribution is 6.30. The standard InChI is InChI=1S/C80H70N4/c1-5-19-55-49-75(83(69-33-15-23-53-21-7-9-25-59(53)69)73-35-17-29-65-63-27-11-13-31-71(63)81(79(65)73)57-41-37-51(3)38-42-57)67-48-46-62-56(20-6-2)50-76(68-47-45-61(55)77(67)78(62)68)84(70-34-16-24-54-22-8-10-26-60(54)70)74-36-18-30-66-64-28-12-14-32-72(64)82(80(66)74)58-43-39-52(4)40-44-58/h11-18,23-24,27-50H,5-10,19-22,25-26H2,1-4H3. The molecule has 14 aromatic rings. The third kappa shape index (κ3) is 7.86. The van der Waals surface area contributed by atoms with Gasteiger partial charge in [0.2, 0.25) is 0 Å². The maximum Gasteiger partial charge on any atom is 0.0782 e. The molecule has 0 amide bonds. The van der Waals surface area contributed by atoms with Crippen molar-refractivity contribution >= 4 is 110 Å². The molecule has 2 aliphatic carbocycles. The number of hydrogen-bond acceptors (Lipinski definition) is 2. The lowest BCUT2D eigenvalue weighted by atomic mass is 9.85. The van der Waals surface area contributed by atoms with Crippen molar-refractivity contribution in [2.24, 2.45) is 0 Å². The van der Waals surface area contributed by atoms with Gasteiger partial charge in [-0.25, -0.2) is 0 Å². The maximum absolute atomic E-state index is 2.72. The van der Waals surface area contributed by atoms with E-state index in [0.717, 1.165) is 51.4 Å². The fraction of sp³-hybridized carbons (Fsp3) is 0.200. The Morgan fingerprint density at radius 2 is 0.714 bits per heavy atom. The number of fused-ring (bicyclic) bond motifs is 8. The third-order valence-corrected chi connectivity index (χ3v) is 19.2. The van der Waals surface area contributed by atoms with Crippen molar-refractivity contribution in [2.75, 3.05) is 9.80 Å². The van der Waals surface area contributed by atoms with Crippen molar-refractivity contribution in [3.63, 3.8) is 0 Å². The molecule has 16 rings (SSSR count). The lowest BCUT2D eigenvalue weighted by Gasteiger charge is -2.34. The summed E-state index contributed by atoms with van der Waals surface area (Å²) in [6.07, 6.45) is 13.2. The Labute approximate surface area is 493 Å². The Hall–Kier alpha value is -9.12. The minimum absolute atomic E-state index is 0.970. The smallest absolute Gasteiger partial charge is 0.0782 e. The Morgan fingerprint density at radius 1 is 0.333 bits per heavy atom. The van der Waals surface area contributed by atoms with Crippen LogP contribution in [0.2, 0.25) is 0 Å². The summed E-state index contributed by atoms with van der Waals surface area (Å²) in [6, 6.07) is 80.1. The van der Waals surface area contributed by atoms with Crippen LogP contribution in [-0.2, 0) is 38.5 Å². The van der Waals surface area contributed by atoms with Gasteiger partial charge in [-0.2, -0.15) is 0 Å². The molecule has 0 bridgehead atoms. The molecule has 0 aliphatic heterocycles. The quantitative estimate of drug-likeness (QED) is 0.113. The molecule has 4 heteroatoms. The van der Waals surface area contributed by atoms with Gasteiger partial charge >= 0.3 is 0 Å². The van der Waals surface area contributed by atoms with Crippen LogP contribution < -0.4 is 9.80 Å². The second-order valence-corrected chi connectivity index (χ2v) is 24.3. The highest BCUT2D eigenvalue weighted by Gasteiger charge is 2.31. The molecule has 84 heavy (non-hydrogen) atoms. The van der Waals surface area contributed by atoms with Crippen molar-refractivity contribution in [3.8, 4) is 11.4 Å².